The normalized spacial score (nSPS) is 16.9. The number of nitrogens with two attached hydrogens (primary N) is 1. The Morgan fingerprint density at radius 3 is 2.62 bits per heavy atom. The number of carbonyl (C=O) groups is 2. The predicted molar refractivity (Wildman–Crippen MR) is 124 cm³/mol. The van der Waals surface area contributed by atoms with Gasteiger partial charge in [-0.25, -0.2) is 18.2 Å². The molecule has 3 aromatic rings. The number of nitrogens with zero attached hydrogens (tertiary/aromatic N) is 2. The molecule has 1 amide bonds. The molecule has 0 radical (unpaired) electrons. The Kier molecular flexibility index (Phi) is 5.74. The van der Waals surface area contributed by atoms with Crippen molar-refractivity contribution in [2.75, 3.05) is 23.0 Å². The van der Waals surface area contributed by atoms with E-state index in [2.05, 4.69) is 4.98 Å². The number of aryl methyl sites for hydroxylation is 2. The highest BCUT2D eigenvalue weighted by molar-refractivity contribution is 7.94. The van der Waals surface area contributed by atoms with Crippen LogP contribution in [-0.2, 0) is 19.4 Å². The molecule has 0 saturated heterocycles. The summed E-state index contributed by atoms with van der Waals surface area (Å²) in [4.78, 5) is 32.3. The quantitative estimate of drug-likeness (QED) is 0.568. The fraction of sp³-hybridized carbons (Fsp3) is 0.227. The molecule has 1 aliphatic rings. The van der Waals surface area contributed by atoms with Gasteiger partial charge in [-0.15, -0.1) is 11.3 Å². The third kappa shape index (κ3) is 4.23. The van der Waals surface area contributed by atoms with Gasteiger partial charge in [0.25, 0.3) is 5.91 Å². The van der Waals surface area contributed by atoms with Crippen LogP contribution in [0.2, 0.25) is 0 Å². The van der Waals surface area contributed by atoms with Crippen molar-refractivity contribution in [1.29, 1.82) is 0 Å². The van der Waals surface area contributed by atoms with Crippen molar-refractivity contribution in [3.63, 3.8) is 0 Å². The number of benzene rings is 1. The van der Waals surface area contributed by atoms with E-state index in [0.717, 1.165) is 28.0 Å². The minimum atomic E-state index is -3.39. The molecule has 2 N–H and O–H groups in total. The average molecular weight is 472 g/mol. The maximum atomic E-state index is 13.0. The molecule has 0 bridgehead atoms. The number of thiophene rings is 1. The summed E-state index contributed by atoms with van der Waals surface area (Å²) >= 11 is 1.12. The summed E-state index contributed by atoms with van der Waals surface area (Å²) in [6.07, 6.45) is 1.46. The van der Waals surface area contributed by atoms with Gasteiger partial charge in [-0.2, -0.15) is 0 Å². The Hall–Kier alpha value is -3.24. The van der Waals surface area contributed by atoms with Crippen LogP contribution < -0.4 is 10.6 Å². The zero-order valence-electron chi connectivity index (χ0n) is 17.4. The first kappa shape index (κ1) is 22.0. The number of fused-ring (bicyclic) bond motifs is 1. The van der Waals surface area contributed by atoms with Crippen LogP contribution in [-0.4, -0.2) is 43.7 Å². The number of carbonyl (C=O) groups excluding carboxylic acids is 2. The van der Waals surface area contributed by atoms with E-state index in [1.807, 2.05) is 19.9 Å². The van der Waals surface area contributed by atoms with E-state index < -0.39 is 34.4 Å². The second kappa shape index (κ2) is 8.36. The van der Waals surface area contributed by atoms with Gasteiger partial charge >= 0.3 is 5.97 Å². The summed E-state index contributed by atoms with van der Waals surface area (Å²) in [5.41, 5.74) is 8.68. The zero-order chi connectivity index (χ0) is 23.0. The summed E-state index contributed by atoms with van der Waals surface area (Å²) in [5.74, 6) is -1.49. The highest BCUT2D eigenvalue weighted by atomic mass is 32.2. The lowest BCUT2D eigenvalue weighted by atomic mass is 10.1. The zero-order valence-corrected chi connectivity index (χ0v) is 19.1. The van der Waals surface area contributed by atoms with Gasteiger partial charge in [-0.1, -0.05) is 18.2 Å². The highest BCUT2D eigenvalue weighted by Crippen LogP contribution is 2.35. The molecule has 10 heteroatoms. The van der Waals surface area contributed by atoms with Crippen LogP contribution in [0.25, 0.3) is 10.2 Å². The standard InChI is InChI=1S/C22H21N3O5S2/c1-13-10-14(2)24-21-18(13)19(23)20(31-21)22(27)30-11-17(26)25(15-6-4-3-5-7-15)16-8-9-32(28,29)12-16/h3-10,16H,11-12,23H2,1-2H3. The first-order valence-electron chi connectivity index (χ1n) is 9.77. The number of para-hydroxylation sites is 1. The van der Waals surface area contributed by atoms with Crippen LogP contribution in [0.4, 0.5) is 11.4 Å². The Labute approximate surface area is 189 Å². The van der Waals surface area contributed by atoms with Crippen molar-refractivity contribution in [2.24, 2.45) is 0 Å². The number of rotatable bonds is 5. The molecule has 2 aromatic heterocycles. The summed E-state index contributed by atoms with van der Waals surface area (Å²) in [6.45, 7) is 3.19. The molecule has 1 aromatic carbocycles. The molecule has 1 unspecified atom stereocenters. The lowest BCUT2D eigenvalue weighted by Crippen LogP contribution is -2.43. The van der Waals surface area contributed by atoms with Crippen molar-refractivity contribution >= 4 is 54.6 Å². The van der Waals surface area contributed by atoms with Gasteiger partial charge in [0.1, 0.15) is 9.71 Å². The van der Waals surface area contributed by atoms with Gasteiger partial charge in [-0.05, 0) is 43.7 Å². The van der Waals surface area contributed by atoms with Crippen molar-refractivity contribution in [2.45, 2.75) is 19.9 Å². The fourth-order valence-corrected chi connectivity index (χ4v) is 6.09. The van der Waals surface area contributed by atoms with E-state index in [0.29, 0.717) is 15.9 Å². The summed E-state index contributed by atoms with van der Waals surface area (Å²) < 4.78 is 29.1. The number of pyridine rings is 1. The first-order chi connectivity index (χ1) is 15.2. The molecule has 0 aliphatic carbocycles. The lowest BCUT2D eigenvalue weighted by Gasteiger charge is -2.27. The van der Waals surface area contributed by atoms with Crippen LogP contribution in [0, 0.1) is 13.8 Å². The van der Waals surface area contributed by atoms with Crippen molar-refractivity contribution < 1.29 is 22.7 Å². The topological polar surface area (TPSA) is 120 Å². The monoisotopic (exact) mass is 471 g/mol. The highest BCUT2D eigenvalue weighted by Gasteiger charge is 2.32. The van der Waals surface area contributed by atoms with Crippen LogP contribution >= 0.6 is 11.3 Å². The molecule has 0 saturated carbocycles. The van der Waals surface area contributed by atoms with Crippen LogP contribution in [0.5, 0.6) is 0 Å². The molecule has 4 rings (SSSR count). The number of sulfone groups is 1. The second-order valence-corrected chi connectivity index (χ2v) is 10.4. The third-order valence-corrected chi connectivity index (χ3v) is 7.54. The molecular weight excluding hydrogens is 450 g/mol. The molecule has 1 atom stereocenters. The largest absolute Gasteiger partial charge is 0.451 e. The minimum absolute atomic E-state index is 0.184. The van der Waals surface area contributed by atoms with E-state index in [4.69, 9.17) is 10.5 Å². The van der Waals surface area contributed by atoms with Crippen molar-refractivity contribution in [3.05, 3.63) is 64.0 Å². The fourth-order valence-electron chi connectivity index (χ4n) is 3.71. The summed E-state index contributed by atoms with van der Waals surface area (Å²) in [5, 5.41) is 1.80. The van der Waals surface area contributed by atoms with Gasteiger partial charge in [-0.3, -0.25) is 4.79 Å². The Morgan fingerprint density at radius 2 is 1.97 bits per heavy atom. The Balaban J connectivity index is 1.55. The van der Waals surface area contributed by atoms with E-state index >= 15 is 0 Å². The third-order valence-electron chi connectivity index (χ3n) is 5.08. The molecule has 8 nitrogen and oxygen atoms in total. The molecule has 32 heavy (non-hydrogen) atoms. The second-order valence-electron chi connectivity index (χ2n) is 7.51. The Morgan fingerprint density at radius 1 is 1.25 bits per heavy atom. The number of aromatic nitrogens is 1. The number of hydrogen-bond acceptors (Lipinski definition) is 8. The number of hydrogen-bond donors (Lipinski definition) is 1. The van der Waals surface area contributed by atoms with Crippen LogP contribution in [0.3, 0.4) is 0 Å². The van der Waals surface area contributed by atoms with Gasteiger partial charge in [0.05, 0.1) is 17.5 Å². The maximum absolute atomic E-state index is 13.0. The smallest absolute Gasteiger partial charge is 0.351 e. The summed E-state index contributed by atoms with van der Waals surface area (Å²) in [7, 11) is -3.39. The predicted octanol–water partition coefficient (Wildman–Crippen LogP) is 3.00. The minimum Gasteiger partial charge on any atom is -0.451 e. The molecule has 0 fully saturated rings. The first-order valence-corrected chi connectivity index (χ1v) is 12.3. The Bertz CT molecular complexity index is 1350. The van der Waals surface area contributed by atoms with Crippen molar-refractivity contribution in [1.82, 2.24) is 4.98 Å². The average Bonchev–Trinajstić information content (AvgIpc) is 3.26. The maximum Gasteiger partial charge on any atom is 0.351 e. The van der Waals surface area contributed by atoms with E-state index in [1.165, 1.54) is 11.0 Å². The van der Waals surface area contributed by atoms with Crippen LogP contribution in [0.1, 0.15) is 20.9 Å². The van der Waals surface area contributed by atoms with Gasteiger partial charge in [0, 0.05) is 22.2 Å². The number of ether oxygens (including phenoxy) is 1. The number of nitrogen functional groups attached to an aromatic ring is 1. The van der Waals surface area contributed by atoms with E-state index in [1.54, 1.807) is 30.3 Å². The van der Waals surface area contributed by atoms with E-state index in [9.17, 15) is 18.0 Å². The van der Waals surface area contributed by atoms with E-state index in [-0.39, 0.29) is 16.3 Å². The molecular formula is C22H21N3O5S2. The van der Waals surface area contributed by atoms with Crippen LogP contribution in [0.15, 0.2) is 47.9 Å². The number of amides is 1. The summed E-state index contributed by atoms with van der Waals surface area (Å²) in [6, 6.07) is 9.85. The SMILES string of the molecule is Cc1cc(C)c2c(N)c(C(=O)OCC(=O)N(c3ccccc3)C3C=CS(=O)(=O)C3)sc2n1. The lowest BCUT2D eigenvalue weighted by molar-refractivity contribution is -0.121. The number of esters is 1. The molecule has 1 aliphatic heterocycles. The molecule has 0 spiro atoms. The number of anilines is 2. The van der Waals surface area contributed by atoms with Gasteiger partial charge in [0.15, 0.2) is 16.4 Å². The van der Waals surface area contributed by atoms with Crippen molar-refractivity contribution in [3.8, 4) is 0 Å². The molecule has 166 valence electrons. The van der Waals surface area contributed by atoms with Gasteiger partial charge in [0.2, 0.25) is 0 Å². The molecule has 3 heterocycles. The van der Waals surface area contributed by atoms with Gasteiger partial charge < -0.3 is 15.4 Å².